The first-order valence-electron chi connectivity index (χ1n) is 8.21. The number of benzene rings is 1. The number of hydrogen-bond donors (Lipinski definition) is 4. The van der Waals surface area contributed by atoms with Crippen molar-refractivity contribution < 1.29 is 14.6 Å². The number of anilines is 2. The molecule has 2 aromatic rings. The summed E-state index contributed by atoms with van der Waals surface area (Å²) in [5.41, 5.74) is 14.0. The third-order valence-electron chi connectivity index (χ3n) is 3.80. The largest absolute Gasteiger partial charge is 0.391 e. The molecule has 140 valence electrons. The molecular weight excluding hydrogens is 356 g/mol. The summed E-state index contributed by atoms with van der Waals surface area (Å²) in [6.07, 6.45) is 3.26. The second-order valence-electron chi connectivity index (χ2n) is 5.98. The van der Waals surface area contributed by atoms with Gasteiger partial charge in [0.15, 0.2) is 0 Å². The predicted octanol–water partition coefficient (Wildman–Crippen LogP) is 2.94. The number of hydrogen-bond acceptors (Lipinski definition) is 5. The first kappa shape index (κ1) is 20.0. The molecule has 0 radical (unpaired) electrons. The number of nitrogens with two attached hydrogens (primary N) is 2. The maximum atomic E-state index is 10.8. The van der Waals surface area contributed by atoms with Gasteiger partial charge in [0.1, 0.15) is 5.82 Å². The molecule has 0 aliphatic carbocycles. The van der Waals surface area contributed by atoms with Crippen molar-refractivity contribution in [2.75, 3.05) is 24.3 Å². The minimum absolute atomic E-state index is 0.186. The van der Waals surface area contributed by atoms with Crippen LogP contribution in [0.25, 0.3) is 11.1 Å². The summed E-state index contributed by atoms with van der Waals surface area (Å²) < 4.78 is 4.93. The molecule has 1 unspecified atom stereocenters. The summed E-state index contributed by atoms with van der Waals surface area (Å²) in [6, 6.07) is 6.53. The molecule has 1 aliphatic rings. The number of nitrogens with one attached hydrogen (secondary N) is 1. The predicted molar refractivity (Wildman–Crippen MR) is 103 cm³/mol. The fourth-order valence-electron chi connectivity index (χ4n) is 2.57. The molecule has 0 spiro atoms. The van der Waals surface area contributed by atoms with Crippen molar-refractivity contribution in [3.8, 4) is 11.1 Å². The number of carbonyl (C=O) groups is 1. The average Bonchev–Trinajstić information content (AvgIpc) is 2.58. The number of pyridine rings is 1. The van der Waals surface area contributed by atoms with Crippen molar-refractivity contribution in [1.29, 1.82) is 0 Å². The molecule has 1 aromatic heterocycles. The number of aryl methyl sites for hydroxylation is 1. The van der Waals surface area contributed by atoms with Gasteiger partial charge >= 0.3 is 6.03 Å². The van der Waals surface area contributed by atoms with Gasteiger partial charge in [0, 0.05) is 24.1 Å². The molecule has 0 saturated carbocycles. The molecule has 2 amide bonds. The highest BCUT2D eigenvalue weighted by atomic mass is 35.5. The fraction of sp³-hybridized carbons (Fsp3) is 0.333. The standard InChI is InChI=1S/C13H13ClN4O.C5H10O2/c1-7-4-8(18-13(16)19)2-3-9(7)10-5-12(15)17-6-11(10)14;6-5-2-1-3-7-4-5/h2-6H,1H3,(H2,15,17)(H3,16,18,19);5-6H,1-4H2. The lowest BCUT2D eigenvalue weighted by Gasteiger charge is -2.15. The van der Waals surface area contributed by atoms with Gasteiger partial charge < -0.3 is 26.6 Å². The van der Waals surface area contributed by atoms with Gasteiger partial charge in [0.25, 0.3) is 0 Å². The first-order chi connectivity index (χ1) is 12.4. The Morgan fingerprint density at radius 2 is 2.15 bits per heavy atom. The molecule has 7 nitrogen and oxygen atoms in total. The van der Waals surface area contributed by atoms with E-state index in [0.717, 1.165) is 36.1 Å². The highest BCUT2D eigenvalue weighted by Crippen LogP contribution is 2.32. The van der Waals surface area contributed by atoms with Gasteiger partial charge in [-0.15, -0.1) is 0 Å². The molecular formula is C18H23ClN4O3. The number of rotatable bonds is 2. The normalized spacial score (nSPS) is 16.3. The summed E-state index contributed by atoms with van der Waals surface area (Å²) in [4.78, 5) is 14.7. The Kier molecular flexibility index (Phi) is 7.20. The van der Waals surface area contributed by atoms with Crippen molar-refractivity contribution in [2.45, 2.75) is 25.9 Å². The zero-order valence-corrected chi connectivity index (χ0v) is 15.3. The van der Waals surface area contributed by atoms with Gasteiger partial charge in [0.05, 0.1) is 17.7 Å². The number of urea groups is 1. The van der Waals surface area contributed by atoms with E-state index < -0.39 is 6.03 Å². The van der Waals surface area contributed by atoms with Crippen molar-refractivity contribution >= 4 is 29.1 Å². The lowest BCUT2D eigenvalue weighted by molar-refractivity contribution is -0.00535. The van der Waals surface area contributed by atoms with E-state index in [1.54, 1.807) is 12.1 Å². The molecule has 1 atom stereocenters. The van der Waals surface area contributed by atoms with Crippen LogP contribution in [0.4, 0.5) is 16.3 Å². The molecule has 26 heavy (non-hydrogen) atoms. The number of nitrogen functional groups attached to an aromatic ring is 1. The van der Waals surface area contributed by atoms with E-state index in [1.165, 1.54) is 6.20 Å². The van der Waals surface area contributed by atoms with Gasteiger partial charge in [-0.1, -0.05) is 17.7 Å². The van der Waals surface area contributed by atoms with Crippen molar-refractivity contribution in [1.82, 2.24) is 4.98 Å². The van der Waals surface area contributed by atoms with Crippen LogP contribution < -0.4 is 16.8 Å². The Balaban J connectivity index is 0.000000290. The van der Waals surface area contributed by atoms with Gasteiger partial charge in [-0.3, -0.25) is 0 Å². The molecule has 1 fully saturated rings. The molecule has 1 aromatic carbocycles. The minimum Gasteiger partial charge on any atom is -0.391 e. The Morgan fingerprint density at radius 1 is 1.38 bits per heavy atom. The number of halogens is 1. The smallest absolute Gasteiger partial charge is 0.316 e. The summed E-state index contributed by atoms with van der Waals surface area (Å²) in [6.45, 7) is 3.28. The minimum atomic E-state index is -0.599. The van der Waals surface area contributed by atoms with E-state index in [0.29, 0.717) is 23.1 Å². The third kappa shape index (κ3) is 5.87. The molecule has 1 aliphatic heterocycles. The third-order valence-corrected chi connectivity index (χ3v) is 4.10. The van der Waals surface area contributed by atoms with Gasteiger partial charge in [-0.2, -0.15) is 0 Å². The fourth-order valence-corrected chi connectivity index (χ4v) is 2.78. The summed E-state index contributed by atoms with van der Waals surface area (Å²) in [5.74, 6) is 0.401. The molecule has 3 rings (SSSR count). The molecule has 6 N–H and O–H groups in total. The number of aliphatic hydroxyl groups is 1. The van der Waals surface area contributed by atoms with E-state index in [1.807, 2.05) is 19.1 Å². The second-order valence-corrected chi connectivity index (χ2v) is 6.39. The van der Waals surface area contributed by atoms with Crippen LogP contribution in [-0.2, 0) is 4.74 Å². The van der Waals surface area contributed by atoms with Crippen LogP contribution >= 0.6 is 11.6 Å². The monoisotopic (exact) mass is 378 g/mol. The van der Waals surface area contributed by atoms with E-state index in [4.69, 9.17) is 32.9 Å². The maximum Gasteiger partial charge on any atom is 0.316 e. The van der Waals surface area contributed by atoms with Crippen LogP contribution in [0.5, 0.6) is 0 Å². The van der Waals surface area contributed by atoms with E-state index >= 15 is 0 Å². The zero-order valence-electron chi connectivity index (χ0n) is 14.5. The Morgan fingerprint density at radius 3 is 2.69 bits per heavy atom. The number of amides is 2. The number of nitrogens with zero attached hydrogens (tertiary/aromatic N) is 1. The van der Waals surface area contributed by atoms with Gasteiger partial charge in [0.2, 0.25) is 0 Å². The SMILES string of the molecule is Cc1cc(NC(N)=O)ccc1-c1cc(N)ncc1Cl.OC1CCCOC1. The van der Waals surface area contributed by atoms with E-state index in [9.17, 15) is 4.79 Å². The highest BCUT2D eigenvalue weighted by Gasteiger charge is 2.09. The van der Waals surface area contributed by atoms with Crippen molar-refractivity contribution in [2.24, 2.45) is 5.73 Å². The molecule has 1 saturated heterocycles. The highest BCUT2D eigenvalue weighted by molar-refractivity contribution is 6.33. The number of ether oxygens (including phenoxy) is 1. The van der Waals surface area contributed by atoms with Crippen molar-refractivity contribution in [3.05, 3.63) is 41.0 Å². The van der Waals surface area contributed by atoms with Gasteiger partial charge in [-0.25, -0.2) is 9.78 Å². The quantitative estimate of drug-likeness (QED) is 0.639. The Hall–Kier alpha value is -2.35. The van der Waals surface area contributed by atoms with Crippen LogP contribution in [0.15, 0.2) is 30.5 Å². The van der Waals surface area contributed by atoms with E-state index in [-0.39, 0.29) is 6.10 Å². The lowest BCUT2D eigenvalue weighted by Crippen LogP contribution is -2.21. The lowest BCUT2D eigenvalue weighted by atomic mass is 10.0. The van der Waals surface area contributed by atoms with E-state index in [2.05, 4.69) is 10.3 Å². The number of primary amides is 1. The van der Waals surface area contributed by atoms with Crippen LogP contribution in [-0.4, -0.2) is 35.4 Å². The Labute approximate surface area is 157 Å². The molecule has 2 heterocycles. The topological polar surface area (TPSA) is 123 Å². The van der Waals surface area contributed by atoms with Crippen LogP contribution in [0.2, 0.25) is 5.02 Å². The second kappa shape index (κ2) is 9.38. The number of aliphatic hydroxyl groups excluding tert-OH is 1. The Bertz CT molecular complexity index is 764. The van der Waals surface area contributed by atoms with Crippen LogP contribution in [0.1, 0.15) is 18.4 Å². The van der Waals surface area contributed by atoms with Crippen LogP contribution in [0.3, 0.4) is 0 Å². The molecule has 0 bridgehead atoms. The zero-order chi connectivity index (χ0) is 19.1. The first-order valence-corrected chi connectivity index (χ1v) is 8.59. The van der Waals surface area contributed by atoms with Crippen LogP contribution in [0, 0.1) is 6.92 Å². The van der Waals surface area contributed by atoms with Gasteiger partial charge in [-0.05, 0) is 49.1 Å². The van der Waals surface area contributed by atoms with Crippen molar-refractivity contribution in [3.63, 3.8) is 0 Å². The summed E-state index contributed by atoms with van der Waals surface area (Å²) in [7, 11) is 0. The average molecular weight is 379 g/mol. The summed E-state index contributed by atoms with van der Waals surface area (Å²) in [5, 5.41) is 11.8. The number of aromatic nitrogens is 1. The molecule has 8 heteroatoms. The number of carbonyl (C=O) groups excluding carboxylic acids is 1. The summed E-state index contributed by atoms with van der Waals surface area (Å²) >= 11 is 6.12. The maximum absolute atomic E-state index is 10.8.